The van der Waals surface area contributed by atoms with Gasteiger partial charge in [-0.25, -0.2) is 0 Å². The summed E-state index contributed by atoms with van der Waals surface area (Å²) in [5.74, 6) is 1.54. The molecule has 0 aliphatic carbocycles. The summed E-state index contributed by atoms with van der Waals surface area (Å²) >= 11 is 0. The lowest BCUT2D eigenvalue weighted by atomic mass is 9.98. The number of rotatable bonds is 6. The molecule has 0 saturated heterocycles. The molecule has 0 aromatic heterocycles. The number of methoxy groups -OCH3 is 3. The number of anilines is 1. The van der Waals surface area contributed by atoms with Crippen LogP contribution in [0.25, 0.3) is 11.1 Å². The van der Waals surface area contributed by atoms with E-state index >= 15 is 0 Å². The number of benzene rings is 2. The molecule has 2 aromatic rings. The fourth-order valence-electron chi connectivity index (χ4n) is 2.30. The van der Waals surface area contributed by atoms with Crippen LogP contribution in [0, 0.1) is 0 Å². The molecule has 0 radical (unpaired) electrons. The van der Waals surface area contributed by atoms with E-state index in [9.17, 15) is 0 Å². The first-order chi connectivity index (χ1) is 10.2. The van der Waals surface area contributed by atoms with Crippen LogP contribution in [0.5, 0.6) is 11.5 Å². The first kappa shape index (κ1) is 15.2. The second-order valence-electron chi connectivity index (χ2n) is 4.69. The fraction of sp³-hybridized carbons (Fsp3) is 0.294. The van der Waals surface area contributed by atoms with E-state index in [1.54, 1.807) is 21.3 Å². The van der Waals surface area contributed by atoms with Crippen LogP contribution in [-0.4, -0.2) is 27.9 Å². The van der Waals surface area contributed by atoms with Crippen LogP contribution in [0.1, 0.15) is 5.56 Å². The topological polar surface area (TPSA) is 53.7 Å². The Morgan fingerprint density at radius 1 is 0.952 bits per heavy atom. The van der Waals surface area contributed by atoms with Gasteiger partial charge in [0.15, 0.2) is 0 Å². The standard InChI is InChI=1S/C17H21NO3/c1-19-10-9-12-5-4-6-14(17(12)18)15-11-13(20-2)7-8-16(15)21-3/h4-8,11H,9-10,18H2,1-3H3. The number of hydrogen-bond acceptors (Lipinski definition) is 4. The molecule has 4 heteroatoms. The van der Waals surface area contributed by atoms with E-state index in [1.807, 2.05) is 36.4 Å². The third kappa shape index (κ3) is 3.28. The first-order valence-electron chi connectivity index (χ1n) is 6.80. The highest BCUT2D eigenvalue weighted by Gasteiger charge is 2.12. The van der Waals surface area contributed by atoms with Crippen LogP contribution < -0.4 is 15.2 Å². The predicted octanol–water partition coefficient (Wildman–Crippen LogP) is 3.14. The smallest absolute Gasteiger partial charge is 0.127 e. The van der Waals surface area contributed by atoms with Crippen LogP contribution in [0.4, 0.5) is 5.69 Å². The highest BCUT2D eigenvalue weighted by molar-refractivity contribution is 5.83. The highest BCUT2D eigenvalue weighted by Crippen LogP contribution is 2.37. The van der Waals surface area contributed by atoms with Gasteiger partial charge in [-0.05, 0) is 30.2 Å². The van der Waals surface area contributed by atoms with E-state index in [1.165, 1.54) is 0 Å². The summed E-state index contributed by atoms with van der Waals surface area (Å²) in [6, 6.07) is 11.7. The summed E-state index contributed by atoms with van der Waals surface area (Å²) in [5, 5.41) is 0. The van der Waals surface area contributed by atoms with Crippen molar-refractivity contribution in [2.24, 2.45) is 0 Å². The van der Waals surface area contributed by atoms with E-state index in [4.69, 9.17) is 19.9 Å². The van der Waals surface area contributed by atoms with Gasteiger partial charge >= 0.3 is 0 Å². The molecule has 0 atom stereocenters. The second-order valence-corrected chi connectivity index (χ2v) is 4.69. The summed E-state index contributed by atoms with van der Waals surface area (Å²) in [5.41, 5.74) is 10.0. The van der Waals surface area contributed by atoms with Crippen LogP contribution in [-0.2, 0) is 11.2 Å². The molecule has 0 bridgehead atoms. The lowest BCUT2D eigenvalue weighted by molar-refractivity contribution is 0.202. The number of nitrogen functional groups attached to an aromatic ring is 1. The molecule has 0 saturated carbocycles. The van der Waals surface area contributed by atoms with Crippen molar-refractivity contribution in [2.45, 2.75) is 6.42 Å². The third-order valence-electron chi connectivity index (χ3n) is 3.47. The van der Waals surface area contributed by atoms with Crippen molar-refractivity contribution >= 4 is 5.69 Å². The van der Waals surface area contributed by atoms with Crippen LogP contribution in [0.2, 0.25) is 0 Å². The van der Waals surface area contributed by atoms with Gasteiger partial charge in [-0.1, -0.05) is 18.2 Å². The van der Waals surface area contributed by atoms with Crippen molar-refractivity contribution < 1.29 is 14.2 Å². The van der Waals surface area contributed by atoms with Gasteiger partial charge in [0.05, 0.1) is 20.8 Å². The highest BCUT2D eigenvalue weighted by atomic mass is 16.5. The summed E-state index contributed by atoms with van der Waals surface area (Å²) < 4.78 is 15.9. The summed E-state index contributed by atoms with van der Waals surface area (Å²) in [7, 11) is 4.98. The molecule has 0 aliphatic heterocycles. The predicted molar refractivity (Wildman–Crippen MR) is 85.0 cm³/mol. The molecule has 4 nitrogen and oxygen atoms in total. The van der Waals surface area contributed by atoms with Crippen molar-refractivity contribution in [1.29, 1.82) is 0 Å². The Morgan fingerprint density at radius 2 is 1.76 bits per heavy atom. The average Bonchev–Trinajstić information content (AvgIpc) is 2.53. The maximum atomic E-state index is 6.32. The van der Waals surface area contributed by atoms with Crippen molar-refractivity contribution in [3.63, 3.8) is 0 Å². The molecular weight excluding hydrogens is 266 g/mol. The van der Waals surface area contributed by atoms with Gasteiger partial charge in [-0.15, -0.1) is 0 Å². The molecule has 21 heavy (non-hydrogen) atoms. The Labute approximate surface area is 125 Å². The molecule has 0 fully saturated rings. The molecule has 2 rings (SSSR count). The fourth-order valence-corrected chi connectivity index (χ4v) is 2.30. The Balaban J connectivity index is 2.50. The van der Waals surface area contributed by atoms with Gasteiger partial charge in [0.25, 0.3) is 0 Å². The zero-order valence-electron chi connectivity index (χ0n) is 12.7. The minimum absolute atomic E-state index is 0.642. The molecule has 0 unspecified atom stereocenters. The molecule has 0 spiro atoms. The minimum Gasteiger partial charge on any atom is -0.497 e. The van der Waals surface area contributed by atoms with E-state index in [0.29, 0.717) is 6.61 Å². The largest absolute Gasteiger partial charge is 0.497 e. The molecule has 0 amide bonds. The Morgan fingerprint density at radius 3 is 2.43 bits per heavy atom. The molecule has 2 N–H and O–H groups in total. The van der Waals surface area contributed by atoms with E-state index in [0.717, 1.165) is 40.3 Å². The normalized spacial score (nSPS) is 10.4. The third-order valence-corrected chi connectivity index (χ3v) is 3.47. The van der Waals surface area contributed by atoms with Gasteiger partial charge in [0, 0.05) is 23.9 Å². The van der Waals surface area contributed by atoms with Gasteiger partial charge < -0.3 is 19.9 Å². The zero-order valence-corrected chi connectivity index (χ0v) is 12.7. The quantitative estimate of drug-likeness (QED) is 0.829. The lowest BCUT2D eigenvalue weighted by Crippen LogP contribution is -2.02. The second kappa shape index (κ2) is 6.99. The number of nitrogens with two attached hydrogens (primary N) is 1. The van der Waals surface area contributed by atoms with E-state index < -0.39 is 0 Å². The van der Waals surface area contributed by atoms with E-state index in [2.05, 4.69) is 0 Å². The van der Waals surface area contributed by atoms with Crippen LogP contribution >= 0.6 is 0 Å². The van der Waals surface area contributed by atoms with Crippen molar-refractivity contribution in [3.8, 4) is 22.6 Å². The van der Waals surface area contributed by atoms with Crippen molar-refractivity contribution in [2.75, 3.05) is 33.7 Å². The summed E-state index contributed by atoms with van der Waals surface area (Å²) in [6.45, 7) is 0.642. The molecule has 0 aliphatic rings. The molecule has 2 aromatic carbocycles. The molecule has 0 heterocycles. The van der Waals surface area contributed by atoms with Crippen LogP contribution in [0.15, 0.2) is 36.4 Å². The van der Waals surface area contributed by atoms with Gasteiger partial charge in [-0.2, -0.15) is 0 Å². The van der Waals surface area contributed by atoms with Crippen LogP contribution in [0.3, 0.4) is 0 Å². The minimum atomic E-state index is 0.642. The Bertz CT molecular complexity index is 611. The first-order valence-corrected chi connectivity index (χ1v) is 6.80. The maximum absolute atomic E-state index is 6.32. The zero-order chi connectivity index (χ0) is 15.2. The van der Waals surface area contributed by atoms with E-state index in [-0.39, 0.29) is 0 Å². The van der Waals surface area contributed by atoms with Crippen molar-refractivity contribution in [3.05, 3.63) is 42.0 Å². The number of hydrogen-bond donors (Lipinski definition) is 1. The number of ether oxygens (including phenoxy) is 3. The monoisotopic (exact) mass is 287 g/mol. The van der Waals surface area contributed by atoms with Gasteiger partial charge in [-0.3, -0.25) is 0 Å². The molecule has 112 valence electrons. The number of para-hydroxylation sites is 1. The molecular formula is C17H21NO3. The van der Waals surface area contributed by atoms with Gasteiger partial charge in [0.2, 0.25) is 0 Å². The Hall–Kier alpha value is -2.20. The maximum Gasteiger partial charge on any atom is 0.127 e. The summed E-state index contributed by atoms with van der Waals surface area (Å²) in [4.78, 5) is 0. The van der Waals surface area contributed by atoms with Gasteiger partial charge in [0.1, 0.15) is 11.5 Å². The van der Waals surface area contributed by atoms with Crippen molar-refractivity contribution in [1.82, 2.24) is 0 Å². The Kier molecular flexibility index (Phi) is 5.06. The average molecular weight is 287 g/mol. The SMILES string of the molecule is COCCc1cccc(-c2cc(OC)ccc2OC)c1N. The lowest BCUT2D eigenvalue weighted by Gasteiger charge is -2.15. The summed E-state index contributed by atoms with van der Waals surface area (Å²) in [6.07, 6.45) is 0.780.